The fraction of sp³-hybridized carbons (Fsp3) is 1.00. The van der Waals surface area contributed by atoms with Crippen LogP contribution in [0, 0.1) is 0 Å². The Morgan fingerprint density at radius 1 is 0.659 bits per heavy atom. The lowest BCUT2D eigenvalue weighted by Gasteiger charge is -2.32. The van der Waals surface area contributed by atoms with E-state index < -0.39 is 116 Å². The van der Waals surface area contributed by atoms with Crippen LogP contribution in [0.4, 0.5) is 61.5 Å². The number of halogens is 14. The molecule has 0 radical (unpaired) electrons. The molecular formula is C17H24F14O10S3. The average molecular weight is 751 g/mol. The van der Waals surface area contributed by atoms with Crippen molar-refractivity contribution in [2.24, 2.45) is 0 Å². The van der Waals surface area contributed by atoms with Crippen LogP contribution in [0.15, 0.2) is 0 Å². The molecule has 1 N–H and O–H groups in total. The zero-order chi connectivity index (χ0) is 36.2. The zero-order valence-corrected chi connectivity index (χ0v) is 24.6. The van der Waals surface area contributed by atoms with Crippen molar-refractivity contribution in [2.75, 3.05) is 20.0 Å². The van der Waals surface area contributed by atoms with E-state index in [0.717, 1.165) is 0 Å². The Hall–Kier alpha value is -1.29. The molecule has 0 aliphatic heterocycles. The van der Waals surface area contributed by atoms with Gasteiger partial charge in [-0.1, -0.05) is 6.92 Å². The van der Waals surface area contributed by atoms with E-state index in [1.807, 2.05) is 0 Å². The van der Waals surface area contributed by atoms with Crippen LogP contribution in [0.1, 0.15) is 34.1 Å². The molecule has 27 heteroatoms. The van der Waals surface area contributed by atoms with Crippen LogP contribution in [-0.4, -0.2) is 102 Å². The maximum absolute atomic E-state index is 13.8. The highest BCUT2D eigenvalue weighted by Gasteiger charge is 2.76. The first-order valence-corrected chi connectivity index (χ1v) is 15.2. The van der Waals surface area contributed by atoms with Gasteiger partial charge in [0.2, 0.25) is 0 Å². The van der Waals surface area contributed by atoms with Crippen molar-refractivity contribution >= 4 is 30.4 Å². The second-order valence-corrected chi connectivity index (χ2v) is 14.1. The minimum absolute atomic E-state index is 0.0323. The van der Waals surface area contributed by atoms with Crippen LogP contribution in [0.25, 0.3) is 0 Å². The number of alkyl halides is 14. The minimum atomic E-state index is -6.75. The molecule has 10 nitrogen and oxygen atoms in total. The van der Waals surface area contributed by atoms with Gasteiger partial charge in [0.05, 0.1) is 12.7 Å². The summed E-state index contributed by atoms with van der Waals surface area (Å²) in [6.07, 6.45) is -17.6. The lowest BCUT2D eigenvalue weighted by molar-refractivity contribution is -0.310. The summed E-state index contributed by atoms with van der Waals surface area (Å²) in [5.74, 6) is -13.1. The normalized spacial score (nSPS) is 18.5. The number of aliphatic hydroxyl groups is 1. The Morgan fingerprint density at radius 3 is 1.30 bits per heavy atom. The van der Waals surface area contributed by atoms with Crippen molar-refractivity contribution in [3.63, 3.8) is 0 Å². The van der Waals surface area contributed by atoms with Crippen LogP contribution >= 0.6 is 0 Å². The summed E-state index contributed by atoms with van der Waals surface area (Å²) in [6, 6.07) is 0. The molecule has 0 amide bonds. The Labute approximate surface area is 241 Å². The van der Waals surface area contributed by atoms with Gasteiger partial charge in [-0.3, -0.25) is 8.37 Å². The molecule has 0 rings (SSSR count). The molecule has 4 unspecified atom stereocenters. The van der Waals surface area contributed by atoms with E-state index in [0.29, 0.717) is 0 Å². The van der Waals surface area contributed by atoms with Crippen molar-refractivity contribution in [1.29, 1.82) is 0 Å². The van der Waals surface area contributed by atoms with Gasteiger partial charge in [-0.25, -0.2) is 21.7 Å². The molecule has 4 atom stereocenters. The van der Waals surface area contributed by atoms with Crippen molar-refractivity contribution in [2.45, 2.75) is 86.0 Å². The summed E-state index contributed by atoms with van der Waals surface area (Å²) in [6.45, 7) is -4.54. The SMILES string of the molecule is CC(COS(=O)(=O)C(C)(F)C(F)(F)C(F)(F)F)OS(=O)(=O)C(C)(F)C(F)(F)C(F)(F)F.CCC(O)OS(=O)(=O)C(CF)CF. The third-order valence-corrected chi connectivity index (χ3v) is 9.85. The fourth-order valence-corrected chi connectivity index (χ4v) is 4.98. The van der Waals surface area contributed by atoms with E-state index in [-0.39, 0.29) is 13.3 Å². The molecule has 0 aliphatic carbocycles. The molecule has 0 spiro atoms. The van der Waals surface area contributed by atoms with E-state index in [2.05, 4.69) is 12.5 Å². The van der Waals surface area contributed by atoms with Crippen molar-refractivity contribution < 1.29 is 104 Å². The molecule has 0 aromatic heterocycles. The molecule has 0 saturated carbocycles. The van der Waals surface area contributed by atoms with Crippen LogP contribution in [0.3, 0.4) is 0 Å². The van der Waals surface area contributed by atoms with Gasteiger partial charge in [-0.05, 0) is 27.2 Å². The number of hydrogen-bond donors (Lipinski definition) is 1. The summed E-state index contributed by atoms with van der Waals surface area (Å²) in [5.41, 5.74) is 0. The fourth-order valence-electron chi connectivity index (χ4n) is 1.95. The Kier molecular flexibility index (Phi) is 14.9. The molecular weight excluding hydrogens is 726 g/mol. The van der Waals surface area contributed by atoms with Crippen LogP contribution in [0.5, 0.6) is 0 Å². The second kappa shape index (κ2) is 14.6. The summed E-state index contributed by atoms with van der Waals surface area (Å²) < 4.78 is 256. The first-order valence-electron chi connectivity index (χ1n) is 10.9. The Morgan fingerprint density at radius 2 is 1.00 bits per heavy atom. The summed E-state index contributed by atoms with van der Waals surface area (Å²) in [7, 11) is -17.5. The lowest BCUT2D eigenvalue weighted by atomic mass is 10.2. The molecule has 0 heterocycles. The van der Waals surface area contributed by atoms with E-state index in [9.17, 15) is 86.7 Å². The lowest BCUT2D eigenvalue weighted by Crippen LogP contribution is -2.58. The molecule has 0 aromatic carbocycles. The predicted molar refractivity (Wildman–Crippen MR) is 117 cm³/mol. The molecule has 268 valence electrons. The average Bonchev–Trinajstić information content (AvgIpc) is 2.81. The number of aliphatic hydroxyl groups excluding tert-OH is 1. The quantitative estimate of drug-likeness (QED) is 0.147. The van der Waals surface area contributed by atoms with Crippen molar-refractivity contribution in [3.05, 3.63) is 0 Å². The molecule has 0 bridgehead atoms. The Balaban J connectivity index is 0. The highest BCUT2D eigenvalue weighted by Crippen LogP contribution is 2.50. The van der Waals surface area contributed by atoms with Gasteiger partial charge in [0, 0.05) is 0 Å². The van der Waals surface area contributed by atoms with Gasteiger partial charge in [0.15, 0.2) is 6.29 Å². The maximum atomic E-state index is 13.8. The maximum Gasteiger partial charge on any atom is 0.458 e. The van der Waals surface area contributed by atoms with E-state index >= 15 is 0 Å². The van der Waals surface area contributed by atoms with E-state index in [1.165, 1.54) is 6.92 Å². The number of hydrogen-bond acceptors (Lipinski definition) is 10. The molecule has 0 aliphatic rings. The third kappa shape index (κ3) is 9.85. The van der Waals surface area contributed by atoms with Crippen LogP contribution < -0.4 is 0 Å². The monoisotopic (exact) mass is 750 g/mol. The molecule has 0 fully saturated rings. The van der Waals surface area contributed by atoms with Gasteiger partial charge < -0.3 is 5.11 Å². The van der Waals surface area contributed by atoms with Gasteiger partial charge in [-0.15, -0.1) is 0 Å². The summed E-state index contributed by atoms with van der Waals surface area (Å²) in [5, 5.41) is -4.07. The van der Waals surface area contributed by atoms with Crippen LogP contribution in [-0.2, 0) is 42.9 Å². The van der Waals surface area contributed by atoms with Gasteiger partial charge in [0.1, 0.15) is 18.6 Å². The minimum Gasteiger partial charge on any atom is -0.367 e. The van der Waals surface area contributed by atoms with E-state index in [4.69, 9.17) is 5.11 Å². The highest BCUT2D eigenvalue weighted by atomic mass is 32.2. The highest BCUT2D eigenvalue weighted by molar-refractivity contribution is 7.88. The van der Waals surface area contributed by atoms with Crippen molar-refractivity contribution in [3.8, 4) is 0 Å². The van der Waals surface area contributed by atoms with Gasteiger partial charge >= 0.3 is 54.4 Å². The largest absolute Gasteiger partial charge is 0.458 e. The first-order chi connectivity index (χ1) is 19.1. The zero-order valence-electron chi connectivity index (χ0n) is 22.2. The van der Waals surface area contributed by atoms with E-state index in [1.54, 1.807) is 0 Å². The third-order valence-electron chi connectivity index (χ3n) is 4.87. The van der Waals surface area contributed by atoms with Gasteiger partial charge in [-0.2, -0.15) is 69.2 Å². The Bertz CT molecular complexity index is 1240. The topological polar surface area (TPSA) is 150 Å². The second-order valence-electron chi connectivity index (χ2n) is 8.46. The molecule has 44 heavy (non-hydrogen) atoms. The molecule has 0 aromatic rings. The standard InChI is InChI=1S/C11H12F12O6S2.C6H12F2O4S/c1-5(29-31(26,27)7(3,13)9(16,17)11(21,22)23)4-28-30(24,25)6(2,12)8(14,15)10(18,19)20;1-2-6(9)12-13(10,11)5(3-7)4-8/h5H,4H2,1-3H3;5-6,9H,2-4H2,1H3. The smallest absolute Gasteiger partial charge is 0.367 e. The first kappa shape index (κ1) is 44.8. The predicted octanol–water partition coefficient (Wildman–Crippen LogP) is 4.20. The molecule has 0 saturated heterocycles. The van der Waals surface area contributed by atoms with Crippen molar-refractivity contribution in [1.82, 2.24) is 0 Å². The van der Waals surface area contributed by atoms with Crippen LogP contribution in [0.2, 0.25) is 0 Å². The summed E-state index contributed by atoms with van der Waals surface area (Å²) in [4.78, 5) is 0. The van der Waals surface area contributed by atoms with Gasteiger partial charge in [0.25, 0.3) is 10.1 Å². The number of rotatable bonds is 15. The summed E-state index contributed by atoms with van der Waals surface area (Å²) >= 11 is 0.